The summed E-state index contributed by atoms with van der Waals surface area (Å²) in [6.07, 6.45) is 16.9. The lowest BCUT2D eigenvalue weighted by Crippen LogP contribution is -2.59. The molecule has 0 saturated heterocycles. The molecule has 0 unspecified atom stereocenters. The maximum absolute atomic E-state index is 7.03. The first-order valence-electron chi connectivity index (χ1n) is 16.8. The quantitative estimate of drug-likeness (QED) is 0.349. The molecular formula is C37H60O2. The summed E-state index contributed by atoms with van der Waals surface area (Å²) in [5, 5.41) is 0. The minimum Gasteiger partial charge on any atom is -0.492 e. The number of rotatable bonds is 2. The molecule has 0 spiro atoms. The van der Waals surface area contributed by atoms with Crippen molar-refractivity contribution in [3.05, 3.63) is 22.7 Å². The topological polar surface area (TPSA) is 18.5 Å². The van der Waals surface area contributed by atoms with E-state index in [1.807, 2.05) is 0 Å². The van der Waals surface area contributed by atoms with Gasteiger partial charge in [-0.3, -0.25) is 0 Å². The average molecular weight is 537 g/mol. The molecule has 6 aliphatic rings. The minimum absolute atomic E-state index is 0.00490. The number of allylic oxidation sites excluding steroid dienone is 4. The second-order valence-corrected chi connectivity index (χ2v) is 17.7. The van der Waals surface area contributed by atoms with Crippen molar-refractivity contribution in [3.63, 3.8) is 0 Å². The maximum Gasteiger partial charge on any atom is 0.109 e. The Morgan fingerprint density at radius 2 is 0.923 bits per heavy atom. The van der Waals surface area contributed by atoms with Gasteiger partial charge < -0.3 is 9.47 Å². The van der Waals surface area contributed by atoms with Crippen molar-refractivity contribution in [3.8, 4) is 0 Å². The molecule has 6 rings (SSSR count). The van der Waals surface area contributed by atoms with Crippen LogP contribution >= 0.6 is 0 Å². The molecule has 0 aromatic heterocycles. The van der Waals surface area contributed by atoms with E-state index in [4.69, 9.17) is 9.47 Å². The van der Waals surface area contributed by atoms with Crippen molar-refractivity contribution in [1.29, 1.82) is 0 Å². The lowest BCUT2D eigenvalue weighted by molar-refractivity contribution is -0.185. The van der Waals surface area contributed by atoms with Crippen molar-refractivity contribution in [2.45, 2.75) is 164 Å². The number of hydrogen-bond donors (Lipinski definition) is 0. The number of ether oxygens (including phenoxy) is 2. The fourth-order valence-electron chi connectivity index (χ4n) is 12.6. The van der Waals surface area contributed by atoms with Crippen molar-refractivity contribution >= 4 is 0 Å². The smallest absolute Gasteiger partial charge is 0.109 e. The molecule has 0 radical (unpaired) electrons. The SMILES string of the molecule is CC1=C(CC2=C(C)O[C@]3(C)CC[C@H]4C(C)(C)CCC[C@]4(C)[C@H]3C2)C[C@@H]2[C@@]3(C)CCCC(C)(C)[C@@H]3CC[C@@]2(C)O1. The van der Waals surface area contributed by atoms with E-state index < -0.39 is 0 Å². The van der Waals surface area contributed by atoms with Gasteiger partial charge in [0.15, 0.2) is 0 Å². The Morgan fingerprint density at radius 1 is 0.538 bits per heavy atom. The highest BCUT2D eigenvalue weighted by Gasteiger charge is 2.62. The van der Waals surface area contributed by atoms with Crippen molar-refractivity contribution in [2.24, 2.45) is 45.3 Å². The third kappa shape index (κ3) is 4.13. The van der Waals surface area contributed by atoms with Gasteiger partial charge in [0.1, 0.15) is 11.2 Å². The van der Waals surface area contributed by atoms with E-state index in [0.717, 1.165) is 18.3 Å². The lowest BCUT2D eigenvalue weighted by atomic mass is 9.44. The molecule has 0 aromatic carbocycles. The molecule has 39 heavy (non-hydrogen) atoms. The summed E-state index contributed by atoms with van der Waals surface area (Å²) < 4.78 is 14.1. The van der Waals surface area contributed by atoms with E-state index in [0.29, 0.717) is 33.5 Å². The third-order valence-electron chi connectivity index (χ3n) is 14.6. The van der Waals surface area contributed by atoms with Crippen LogP contribution in [0.25, 0.3) is 0 Å². The third-order valence-corrected chi connectivity index (χ3v) is 14.6. The maximum atomic E-state index is 7.03. The predicted molar refractivity (Wildman–Crippen MR) is 162 cm³/mol. The first kappa shape index (κ1) is 28.2. The van der Waals surface area contributed by atoms with Crippen LogP contribution in [-0.4, -0.2) is 11.2 Å². The Bertz CT molecular complexity index is 993. The molecular weight excluding hydrogens is 476 g/mol. The van der Waals surface area contributed by atoms with Gasteiger partial charge in [-0.15, -0.1) is 0 Å². The molecule has 2 heteroatoms. The van der Waals surface area contributed by atoms with Gasteiger partial charge in [0, 0.05) is 11.8 Å². The molecule has 0 bridgehead atoms. The molecule has 0 amide bonds. The van der Waals surface area contributed by atoms with Gasteiger partial charge in [-0.25, -0.2) is 0 Å². The zero-order valence-electron chi connectivity index (χ0n) is 27.3. The highest BCUT2D eigenvalue weighted by Crippen LogP contribution is 2.67. The largest absolute Gasteiger partial charge is 0.492 e. The zero-order chi connectivity index (χ0) is 28.2. The number of fused-ring (bicyclic) bond motifs is 6. The fourth-order valence-corrected chi connectivity index (χ4v) is 12.6. The molecule has 2 heterocycles. The Kier molecular flexibility index (Phi) is 6.36. The summed E-state index contributed by atoms with van der Waals surface area (Å²) in [6, 6.07) is 0. The summed E-state index contributed by atoms with van der Waals surface area (Å²) in [7, 11) is 0. The monoisotopic (exact) mass is 536 g/mol. The molecule has 2 aliphatic heterocycles. The van der Waals surface area contributed by atoms with Crippen LogP contribution in [0.4, 0.5) is 0 Å². The van der Waals surface area contributed by atoms with Crippen LogP contribution in [-0.2, 0) is 9.47 Å². The van der Waals surface area contributed by atoms with Crippen LogP contribution in [0.2, 0.25) is 0 Å². The Balaban J connectivity index is 1.29. The lowest BCUT2D eigenvalue weighted by Gasteiger charge is -2.64. The summed E-state index contributed by atoms with van der Waals surface area (Å²) in [4.78, 5) is 0. The summed E-state index contributed by atoms with van der Waals surface area (Å²) in [5.74, 6) is 5.32. The van der Waals surface area contributed by atoms with Gasteiger partial charge in [0.2, 0.25) is 0 Å². The molecule has 2 nitrogen and oxygen atoms in total. The second kappa shape index (κ2) is 8.80. The molecule has 220 valence electrons. The van der Waals surface area contributed by atoms with Crippen LogP contribution in [0.15, 0.2) is 22.7 Å². The summed E-state index contributed by atoms with van der Waals surface area (Å²) >= 11 is 0. The molecule has 0 N–H and O–H groups in total. The van der Waals surface area contributed by atoms with Crippen LogP contribution in [0.5, 0.6) is 0 Å². The summed E-state index contributed by atoms with van der Waals surface area (Å²) in [5.41, 5.74) is 4.80. The van der Waals surface area contributed by atoms with Crippen LogP contribution in [0, 0.1) is 45.3 Å². The molecule has 4 aliphatic carbocycles. The fraction of sp³-hybridized carbons (Fsp3) is 0.892. The van der Waals surface area contributed by atoms with Gasteiger partial charge in [-0.1, -0.05) is 54.4 Å². The highest BCUT2D eigenvalue weighted by molar-refractivity contribution is 5.29. The van der Waals surface area contributed by atoms with E-state index in [1.54, 1.807) is 11.1 Å². The van der Waals surface area contributed by atoms with E-state index >= 15 is 0 Å². The van der Waals surface area contributed by atoms with Crippen LogP contribution < -0.4 is 0 Å². The molecule has 4 fully saturated rings. The number of hydrogen-bond acceptors (Lipinski definition) is 2. The van der Waals surface area contributed by atoms with Gasteiger partial charge in [0.05, 0.1) is 11.5 Å². The van der Waals surface area contributed by atoms with Gasteiger partial charge in [-0.05, 0) is 143 Å². The van der Waals surface area contributed by atoms with Crippen LogP contribution in [0.1, 0.15) is 153 Å². The van der Waals surface area contributed by atoms with Gasteiger partial charge >= 0.3 is 0 Å². The van der Waals surface area contributed by atoms with E-state index in [9.17, 15) is 0 Å². The van der Waals surface area contributed by atoms with Crippen LogP contribution in [0.3, 0.4) is 0 Å². The van der Waals surface area contributed by atoms with Gasteiger partial charge in [-0.2, -0.15) is 0 Å². The Morgan fingerprint density at radius 3 is 1.31 bits per heavy atom. The average Bonchev–Trinajstić information content (AvgIpc) is 2.79. The second-order valence-electron chi connectivity index (χ2n) is 17.7. The Hall–Kier alpha value is -0.920. The zero-order valence-corrected chi connectivity index (χ0v) is 27.3. The van der Waals surface area contributed by atoms with Gasteiger partial charge in [0.25, 0.3) is 0 Å². The molecule has 0 aromatic rings. The minimum atomic E-state index is -0.00490. The summed E-state index contributed by atoms with van der Waals surface area (Å²) in [6.45, 7) is 25.0. The van der Waals surface area contributed by atoms with Crippen molar-refractivity contribution in [2.75, 3.05) is 0 Å². The first-order chi connectivity index (χ1) is 18.0. The normalized spacial score (nSPS) is 48.7. The highest BCUT2D eigenvalue weighted by atomic mass is 16.5. The van der Waals surface area contributed by atoms with E-state index in [1.165, 1.54) is 88.6 Å². The van der Waals surface area contributed by atoms with E-state index in [-0.39, 0.29) is 11.2 Å². The first-order valence-corrected chi connectivity index (χ1v) is 16.8. The standard InChI is InChI=1S/C37H60O2/c1-24-26(22-30-34(7)17-11-15-32(3,4)28(34)13-19-36(30,9)38-24)21-27-23-31-35(8)18-12-16-33(5,6)29(35)14-20-37(31,10)39-25(27)2/h28-31H,11-23H2,1-10H3/t28-,29-,30+,31+,34-,35-,36+,37+/m0/s1. The van der Waals surface area contributed by atoms with Crippen molar-refractivity contribution < 1.29 is 9.47 Å². The Labute approximate surface area is 241 Å². The predicted octanol–water partition coefficient (Wildman–Crippen LogP) is 10.8. The van der Waals surface area contributed by atoms with Crippen molar-refractivity contribution in [1.82, 2.24) is 0 Å². The molecule has 8 atom stereocenters. The van der Waals surface area contributed by atoms with E-state index in [2.05, 4.69) is 69.2 Å². The molecule has 4 saturated carbocycles.